The van der Waals surface area contributed by atoms with E-state index < -0.39 is 12.0 Å². The number of hydrogen-bond donors (Lipinski definition) is 2. The molecule has 112 valence electrons. The van der Waals surface area contributed by atoms with Gasteiger partial charge in [0.25, 0.3) is 5.91 Å². The SMILES string of the molecule is CCCc1nc(C)c(C(=O)NC(CCOC)C(=O)O)s1. The van der Waals surface area contributed by atoms with Gasteiger partial charge < -0.3 is 15.2 Å². The first-order valence-electron chi connectivity index (χ1n) is 6.48. The highest BCUT2D eigenvalue weighted by Gasteiger charge is 2.23. The lowest BCUT2D eigenvalue weighted by atomic mass is 10.2. The average molecular weight is 300 g/mol. The van der Waals surface area contributed by atoms with Crippen LogP contribution in [0.2, 0.25) is 0 Å². The van der Waals surface area contributed by atoms with Crippen molar-refractivity contribution in [1.29, 1.82) is 0 Å². The normalized spacial score (nSPS) is 12.2. The summed E-state index contributed by atoms with van der Waals surface area (Å²) in [7, 11) is 1.49. The van der Waals surface area contributed by atoms with Gasteiger partial charge in [0.05, 0.1) is 10.7 Å². The van der Waals surface area contributed by atoms with Gasteiger partial charge in [-0.05, 0) is 19.8 Å². The topological polar surface area (TPSA) is 88.5 Å². The molecular weight excluding hydrogens is 280 g/mol. The van der Waals surface area contributed by atoms with Crippen LogP contribution >= 0.6 is 11.3 Å². The van der Waals surface area contributed by atoms with Crippen molar-refractivity contribution in [3.8, 4) is 0 Å². The Morgan fingerprint density at radius 2 is 2.20 bits per heavy atom. The van der Waals surface area contributed by atoms with Gasteiger partial charge >= 0.3 is 5.97 Å². The molecule has 0 aromatic carbocycles. The Morgan fingerprint density at radius 3 is 2.75 bits per heavy atom. The minimum atomic E-state index is -1.06. The second-order valence-corrected chi connectivity index (χ2v) is 5.50. The molecule has 1 unspecified atom stereocenters. The molecule has 1 rings (SSSR count). The molecule has 0 aliphatic rings. The van der Waals surface area contributed by atoms with E-state index in [-0.39, 0.29) is 18.9 Å². The third kappa shape index (κ3) is 4.57. The van der Waals surface area contributed by atoms with Crippen molar-refractivity contribution in [2.45, 2.75) is 39.2 Å². The largest absolute Gasteiger partial charge is 0.480 e. The molecular formula is C13H20N2O4S. The number of carboxylic acids is 1. The molecule has 0 spiro atoms. The molecule has 6 nitrogen and oxygen atoms in total. The van der Waals surface area contributed by atoms with E-state index in [4.69, 9.17) is 9.84 Å². The number of rotatable bonds is 8. The van der Waals surface area contributed by atoms with Crippen LogP contribution in [0.4, 0.5) is 0 Å². The molecule has 1 atom stereocenters. The summed E-state index contributed by atoms with van der Waals surface area (Å²) in [5.74, 6) is -1.45. The van der Waals surface area contributed by atoms with Crippen LogP contribution in [0.3, 0.4) is 0 Å². The van der Waals surface area contributed by atoms with Crippen molar-refractivity contribution in [3.63, 3.8) is 0 Å². The maximum Gasteiger partial charge on any atom is 0.326 e. The van der Waals surface area contributed by atoms with E-state index in [1.165, 1.54) is 18.4 Å². The Morgan fingerprint density at radius 1 is 1.50 bits per heavy atom. The molecule has 1 aromatic heterocycles. The van der Waals surface area contributed by atoms with E-state index in [0.717, 1.165) is 17.8 Å². The van der Waals surface area contributed by atoms with Gasteiger partial charge in [0.15, 0.2) is 0 Å². The summed E-state index contributed by atoms with van der Waals surface area (Å²) < 4.78 is 4.85. The fourth-order valence-electron chi connectivity index (χ4n) is 1.70. The number of nitrogens with one attached hydrogen (secondary N) is 1. The van der Waals surface area contributed by atoms with Crippen LogP contribution in [0.15, 0.2) is 0 Å². The first-order chi connectivity index (χ1) is 9.49. The second-order valence-electron chi connectivity index (χ2n) is 4.42. The van der Waals surface area contributed by atoms with Crippen molar-refractivity contribution in [3.05, 3.63) is 15.6 Å². The van der Waals surface area contributed by atoms with Crippen LogP contribution in [0, 0.1) is 6.92 Å². The zero-order valence-corrected chi connectivity index (χ0v) is 12.7. The highest BCUT2D eigenvalue weighted by atomic mass is 32.1. The summed E-state index contributed by atoms with van der Waals surface area (Å²) in [5.41, 5.74) is 0.645. The summed E-state index contributed by atoms with van der Waals surface area (Å²) in [6.07, 6.45) is 2.02. The van der Waals surface area contributed by atoms with Gasteiger partial charge in [-0.1, -0.05) is 6.92 Å². The molecule has 20 heavy (non-hydrogen) atoms. The third-order valence-electron chi connectivity index (χ3n) is 2.73. The lowest BCUT2D eigenvalue weighted by molar-refractivity contribution is -0.139. The number of carbonyl (C=O) groups is 2. The fourth-order valence-corrected chi connectivity index (χ4v) is 2.77. The Kier molecular flexibility index (Phi) is 6.60. The summed E-state index contributed by atoms with van der Waals surface area (Å²) in [6, 6.07) is -0.946. The predicted octanol–water partition coefficient (Wildman–Crippen LogP) is 1.62. The maximum absolute atomic E-state index is 12.1. The summed E-state index contributed by atoms with van der Waals surface area (Å²) in [6.45, 7) is 4.08. The highest BCUT2D eigenvalue weighted by Crippen LogP contribution is 2.19. The van der Waals surface area contributed by atoms with Gasteiger partial charge in [0.2, 0.25) is 0 Å². The molecule has 0 aliphatic carbocycles. The van der Waals surface area contributed by atoms with Crippen LogP contribution in [0.1, 0.15) is 40.1 Å². The van der Waals surface area contributed by atoms with Gasteiger partial charge in [0, 0.05) is 20.1 Å². The first kappa shape index (κ1) is 16.6. The Hall–Kier alpha value is -1.47. The highest BCUT2D eigenvalue weighted by molar-refractivity contribution is 7.13. The molecule has 2 N–H and O–H groups in total. The molecule has 0 fully saturated rings. The molecule has 0 bridgehead atoms. The van der Waals surface area contributed by atoms with Gasteiger partial charge in [-0.3, -0.25) is 4.79 Å². The lowest BCUT2D eigenvalue weighted by Crippen LogP contribution is -2.41. The standard InChI is InChI=1S/C13H20N2O4S/c1-4-5-10-14-8(2)11(20-10)12(16)15-9(13(17)18)6-7-19-3/h9H,4-7H2,1-3H3,(H,15,16)(H,17,18). The van der Waals surface area contributed by atoms with Crippen LogP contribution in [0.5, 0.6) is 0 Å². The number of aromatic nitrogens is 1. The molecule has 0 saturated carbocycles. The Balaban J connectivity index is 2.75. The number of carboxylic acid groups (broad SMARTS) is 1. The van der Waals surface area contributed by atoms with E-state index in [1.807, 2.05) is 6.92 Å². The zero-order valence-electron chi connectivity index (χ0n) is 11.9. The maximum atomic E-state index is 12.1. The molecule has 1 amide bonds. The van der Waals surface area contributed by atoms with Crippen molar-refractivity contribution >= 4 is 23.2 Å². The smallest absolute Gasteiger partial charge is 0.326 e. The van der Waals surface area contributed by atoms with Crippen LogP contribution < -0.4 is 5.32 Å². The average Bonchev–Trinajstić information content (AvgIpc) is 2.75. The van der Waals surface area contributed by atoms with E-state index >= 15 is 0 Å². The van der Waals surface area contributed by atoms with E-state index in [1.54, 1.807) is 6.92 Å². The number of thiazole rings is 1. The van der Waals surface area contributed by atoms with Gasteiger partial charge in [-0.25, -0.2) is 9.78 Å². The van der Waals surface area contributed by atoms with Gasteiger partial charge in [0.1, 0.15) is 10.9 Å². The first-order valence-corrected chi connectivity index (χ1v) is 7.30. The van der Waals surface area contributed by atoms with Crippen LogP contribution in [-0.2, 0) is 16.0 Å². The number of aliphatic carboxylic acids is 1. The van der Waals surface area contributed by atoms with Crippen LogP contribution in [0.25, 0.3) is 0 Å². The van der Waals surface area contributed by atoms with E-state index in [0.29, 0.717) is 10.6 Å². The molecule has 7 heteroatoms. The van der Waals surface area contributed by atoms with E-state index in [9.17, 15) is 9.59 Å². The zero-order chi connectivity index (χ0) is 15.1. The number of ether oxygens (including phenoxy) is 1. The van der Waals surface area contributed by atoms with Crippen molar-refractivity contribution in [1.82, 2.24) is 10.3 Å². The number of hydrogen-bond acceptors (Lipinski definition) is 5. The fraction of sp³-hybridized carbons (Fsp3) is 0.615. The van der Waals surface area contributed by atoms with E-state index in [2.05, 4.69) is 10.3 Å². The summed E-state index contributed by atoms with van der Waals surface area (Å²) >= 11 is 1.32. The lowest BCUT2D eigenvalue weighted by Gasteiger charge is -2.13. The number of methoxy groups -OCH3 is 1. The number of aryl methyl sites for hydroxylation is 2. The monoisotopic (exact) mass is 300 g/mol. The van der Waals surface area contributed by atoms with Crippen molar-refractivity contribution in [2.75, 3.05) is 13.7 Å². The number of nitrogens with zero attached hydrogens (tertiary/aromatic N) is 1. The number of amides is 1. The van der Waals surface area contributed by atoms with Gasteiger partial charge in [-0.2, -0.15) is 0 Å². The Bertz CT molecular complexity index is 473. The molecule has 0 aliphatic heterocycles. The summed E-state index contributed by atoms with van der Waals surface area (Å²) in [5, 5.41) is 12.5. The minimum absolute atomic E-state index is 0.233. The minimum Gasteiger partial charge on any atom is -0.480 e. The van der Waals surface area contributed by atoms with Crippen molar-refractivity contribution < 1.29 is 19.4 Å². The van der Waals surface area contributed by atoms with Crippen molar-refractivity contribution in [2.24, 2.45) is 0 Å². The Labute approximate surface area is 122 Å². The summed E-state index contributed by atoms with van der Waals surface area (Å²) in [4.78, 5) is 28.0. The third-order valence-corrected chi connectivity index (χ3v) is 3.94. The molecule has 1 heterocycles. The molecule has 1 aromatic rings. The van der Waals surface area contributed by atoms with Gasteiger partial charge in [-0.15, -0.1) is 11.3 Å². The predicted molar refractivity (Wildman–Crippen MR) is 76.2 cm³/mol. The van der Waals surface area contributed by atoms with Crippen LogP contribution in [-0.4, -0.2) is 41.7 Å². The molecule has 0 radical (unpaired) electrons. The quantitative estimate of drug-likeness (QED) is 0.761. The molecule has 0 saturated heterocycles. The number of carbonyl (C=O) groups excluding carboxylic acids is 1. The second kappa shape index (κ2) is 7.96.